The van der Waals surface area contributed by atoms with Crippen LogP contribution in [0.4, 0.5) is 0 Å². The molecule has 0 aliphatic carbocycles. The SMILES string of the molecule is CN1CCC(CN2CC(N)=NC(c3ccccc3)=C2c2cc(Cl)c3ncccc3c2)CC1. The zero-order chi connectivity index (χ0) is 22.1. The number of hydrogen-bond acceptors (Lipinski definition) is 5. The number of likely N-dealkylation sites (tertiary alicyclic amines) is 1. The quantitative estimate of drug-likeness (QED) is 0.630. The third-order valence-electron chi connectivity index (χ3n) is 6.44. The minimum Gasteiger partial charge on any atom is -0.386 e. The van der Waals surface area contributed by atoms with Crippen LogP contribution in [0.15, 0.2) is 65.8 Å². The number of rotatable bonds is 4. The summed E-state index contributed by atoms with van der Waals surface area (Å²) in [5.74, 6) is 1.27. The largest absolute Gasteiger partial charge is 0.386 e. The van der Waals surface area contributed by atoms with Crippen molar-refractivity contribution in [1.29, 1.82) is 0 Å². The van der Waals surface area contributed by atoms with Gasteiger partial charge in [-0.2, -0.15) is 0 Å². The molecule has 3 aromatic rings. The molecule has 1 saturated heterocycles. The van der Waals surface area contributed by atoms with Crippen molar-refractivity contribution in [3.63, 3.8) is 0 Å². The molecule has 0 radical (unpaired) electrons. The molecule has 0 amide bonds. The molecule has 0 spiro atoms. The monoisotopic (exact) mass is 445 g/mol. The van der Waals surface area contributed by atoms with Crippen molar-refractivity contribution in [3.8, 4) is 0 Å². The first-order valence-corrected chi connectivity index (χ1v) is 11.6. The first kappa shape index (κ1) is 21.0. The summed E-state index contributed by atoms with van der Waals surface area (Å²) >= 11 is 6.69. The van der Waals surface area contributed by atoms with Gasteiger partial charge in [-0.05, 0) is 57.1 Å². The predicted molar refractivity (Wildman–Crippen MR) is 133 cm³/mol. The molecular weight excluding hydrogens is 418 g/mol. The summed E-state index contributed by atoms with van der Waals surface area (Å²) in [7, 11) is 2.20. The number of fused-ring (bicyclic) bond motifs is 1. The number of aromatic nitrogens is 1. The fourth-order valence-electron chi connectivity index (χ4n) is 4.77. The lowest BCUT2D eigenvalue weighted by Crippen LogP contribution is -2.41. The van der Waals surface area contributed by atoms with E-state index in [2.05, 4.69) is 46.1 Å². The second-order valence-electron chi connectivity index (χ2n) is 8.83. The third-order valence-corrected chi connectivity index (χ3v) is 6.73. The van der Waals surface area contributed by atoms with Gasteiger partial charge >= 0.3 is 0 Å². The highest BCUT2D eigenvalue weighted by Gasteiger charge is 2.28. The smallest absolute Gasteiger partial charge is 0.119 e. The van der Waals surface area contributed by atoms with Crippen molar-refractivity contribution in [1.82, 2.24) is 14.8 Å². The maximum atomic E-state index is 6.69. The van der Waals surface area contributed by atoms with Crippen molar-refractivity contribution in [3.05, 3.63) is 76.9 Å². The first-order chi connectivity index (χ1) is 15.6. The highest BCUT2D eigenvalue weighted by molar-refractivity contribution is 6.35. The summed E-state index contributed by atoms with van der Waals surface area (Å²) in [5.41, 5.74) is 11.3. The number of aliphatic imine (C=N–C) groups is 1. The maximum Gasteiger partial charge on any atom is 0.119 e. The van der Waals surface area contributed by atoms with Crippen LogP contribution in [0, 0.1) is 5.92 Å². The normalized spacial score (nSPS) is 18.3. The topological polar surface area (TPSA) is 57.8 Å². The molecule has 2 N–H and O–H groups in total. The van der Waals surface area contributed by atoms with Crippen LogP contribution < -0.4 is 5.73 Å². The molecule has 164 valence electrons. The van der Waals surface area contributed by atoms with Crippen LogP contribution in [0.1, 0.15) is 24.0 Å². The van der Waals surface area contributed by atoms with Gasteiger partial charge in [0.25, 0.3) is 0 Å². The maximum absolute atomic E-state index is 6.69. The van der Waals surface area contributed by atoms with Gasteiger partial charge in [0.05, 0.1) is 28.5 Å². The molecule has 32 heavy (non-hydrogen) atoms. The molecule has 2 aliphatic heterocycles. The lowest BCUT2D eigenvalue weighted by Gasteiger charge is -2.37. The Morgan fingerprint density at radius 2 is 1.81 bits per heavy atom. The summed E-state index contributed by atoms with van der Waals surface area (Å²) < 4.78 is 0. The summed E-state index contributed by atoms with van der Waals surface area (Å²) in [6, 6.07) is 18.5. The van der Waals surface area contributed by atoms with Crippen molar-refractivity contribution in [2.24, 2.45) is 16.6 Å². The second kappa shape index (κ2) is 8.93. The van der Waals surface area contributed by atoms with E-state index >= 15 is 0 Å². The van der Waals surface area contributed by atoms with Crippen LogP contribution in [0.25, 0.3) is 22.3 Å². The molecule has 0 unspecified atom stereocenters. The summed E-state index contributed by atoms with van der Waals surface area (Å²) in [6.45, 7) is 3.86. The minimum absolute atomic E-state index is 0.626. The van der Waals surface area contributed by atoms with Gasteiger partial charge in [0.2, 0.25) is 0 Å². The lowest BCUT2D eigenvalue weighted by molar-refractivity contribution is 0.194. The molecule has 5 nitrogen and oxygen atoms in total. The van der Waals surface area contributed by atoms with E-state index in [9.17, 15) is 0 Å². The van der Waals surface area contributed by atoms with Crippen LogP contribution in [-0.4, -0.2) is 53.8 Å². The van der Waals surface area contributed by atoms with Gasteiger partial charge in [-0.3, -0.25) is 4.98 Å². The lowest BCUT2D eigenvalue weighted by atomic mass is 9.94. The van der Waals surface area contributed by atoms with Gasteiger partial charge in [-0.15, -0.1) is 0 Å². The predicted octanol–water partition coefficient (Wildman–Crippen LogP) is 4.73. The van der Waals surface area contributed by atoms with E-state index in [0.29, 0.717) is 23.3 Å². The van der Waals surface area contributed by atoms with Gasteiger partial charge in [0.1, 0.15) is 5.84 Å². The highest BCUT2D eigenvalue weighted by atomic mass is 35.5. The summed E-state index contributed by atoms with van der Waals surface area (Å²) in [4.78, 5) is 14.1. The molecule has 0 saturated carbocycles. The second-order valence-corrected chi connectivity index (χ2v) is 9.23. The van der Waals surface area contributed by atoms with Crippen LogP contribution in [0.2, 0.25) is 5.02 Å². The Balaban J connectivity index is 1.64. The Bertz CT molecular complexity index is 1180. The number of benzene rings is 2. The number of pyridine rings is 1. The highest BCUT2D eigenvalue weighted by Crippen LogP contribution is 2.37. The molecule has 0 atom stereocenters. The minimum atomic E-state index is 0.626. The Kier molecular flexibility index (Phi) is 5.85. The molecule has 6 heteroatoms. The van der Waals surface area contributed by atoms with Gasteiger partial charge in [0, 0.05) is 29.3 Å². The number of nitrogens with two attached hydrogens (primary N) is 1. The Hall–Kier alpha value is -2.89. The fourth-order valence-corrected chi connectivity index (χ4v) is 5.05. The molecular formula is C26H28ClN5. The number of halogens is 1. The standard InChI is InChI=1S/C26H28ClN5/c1-31-12-9-18(10-13-31)16-32-17-23(28)30-25(19-6-3-2-4-7-19)26(32)21-14-20-8-5-11-29-24(20)22(27)15-21/h2-8,11,14-15,18H,9-10,12-13,16-17H2,1H3,(H2,28,30). The van der Waals surface area contributed by atoms with Crippen molar-refractivity contribution in [2.75, 3.05) is 33.2 Å². The van der Waals surface area contributed by atoms with Gasteiger partial charge in [-0.25, -0.2) is 4.99 Å². The Labute approximate surface area is 194 Å². The summed E-state index contributed by atoms with van der Waals surface area (Å²) in [6.07, 6.45) is 4.17. The van der Waals surface area contributed by atoms with Crippen molar-refractivity contribution in [2.45, 2.75) is 12.8 Å². The number of hydrogen-bond donors (Lipinski definition) is 1. The molecule has 1 aromatic heterocycles. The molecule has 5 rings (SSSR count). The van der Waals surface area contributed by atoms with E-state index in [1.165, 1.54) is 12.8 Å². The molecule has 1 fully saturated rings. The Morgan fingerprint density at radius 3 is 2.59 bits per heavy atom. The van der Waals surface area contributed by atoms with E-state index in [1.54, 1.807) is 6.20 Å². The number of amidine groups is 1. The zero-order valence-corrected chi connectivity index (χ0v) is 19.1. The molecule has 3 heterocycles. The third kappa shape index (κ3) is 4.23. The Morgan fingerprint density at radius 1 is 1.03 bits per heavy atom. The zero-order valence-electron chi connectivity index (χ0n) is 18.3. The summed E-state index contributed by atoms with van der Waals surface area (Å²) in [5, 5.41) is 1.68. The van der Waals surface area contributed by atoms with E-state index in [0.717, 1.165) is 53.1 Å². The van der Waals surface area contributed by atoms with E-state index in [4.69, 9.17) is 22.3 Å². The first-order valence-electron chi connectivity index (χ1n) is 11.2. The van der Waals surface area contributed by atoms with Crippen LogP contribution in [-0.2, 0) is 0 Å². The average molecular weight is 446 g/mol. The van der Waals surface area contributed by atoms with Crippen molar-refractivity contribution < 1.29 is 0 Å². The van der Waals surface area contributed by atoms with Gasteiger partial charge in [0.15, 0.2) is 0 Å². The van der Waals surface area contributed by atoms with E-state index in [-0.39, 0.29) is 0 Å². The van der Waals surface area contributed by atoms with E-state index < -0.39 is 0 Å². The molecule has 0 bridgehead atoms. The van der Waals surface area contributed by atoms with Gasteiger partial charge in [-0.1, -0.05) is 48.0 Å². The van der Waals surface area contributed by atoms with Crippen LogP contribution in [0.5, 0.6) is 0 Å². The molecule has 2 aliphatic rings. The molecule has 2 aromatic carbocycles. The van der Waals surface area contributed by atoms with E-state index in [1.807, 2.05) is 30.3 Å². The number of nitrogens with zero attached hydrogens (tertiary/aromatic N) is 4. The van der Waals surface area contributed by atoms with Gasteiger partial charge < -0.3 is 15.5 Å². The average Bonchev–Trinajstić information content (AvgIpc) is 2.81. The van der Waals surface area contributed by atoms with Crippen LogP contribution in [0.3, 0.4) is 0 Å². The van der Waals surface area contributed by atoms with Crippen molar-refractivity contribution >= 4 is 39.7 Å². The fraction of sp³-hybridized carbons (Fsp3) is 0.308. The van der Waals surface area contributed by atoms with Crippen LogP contribution >= 0.6 is 11.6 Å². The number of piperidine rings is 1.